The number of esters is 1. The molecule has 3 heteroatoms. The molecule has 1 rings (SSSR count). The maximum absolute atomic E-state index is 11.7. The van der Waals surface area contributed by atoms with Gasteiger partial charge in [0, 0.05) is 11.8 Å². The zero-order valence-corrected chi connectivity index (χ0v) is 16.1. The highest BCUT2D eigenvalue weighted by Crippen LogP contribution is 2.49. The molecular formula is C21H36O3. The summed E-state index contributed by atoms with van der Waals surface area (Å²) in [6.07, 6.45) is 15.1. The number of hydrogen-bond donors (Lipinski definition) is 1. The number of allylic oxidation sites excluding steroid dienone is 1. The van der Waals surface area contributed by atoms with Gasteiger partial charge in [-0.3, -0.25) is 4.79 Å². The number of rotatable bonds is 11. The van der Waals surface area contributed by atoms with E-state index < -0.39 is 5.60 Å². The highest BCUT2D eigenvalue weighted by molar-refractivity contribution is 5.70. The van der Waals surface area contributed by atoms with Crippen LogP contribution in [0.5, 0.6) is 0 Å². The smallest absolute Gasteiger partial charge is 0.310 e. The molecule has 0 saturated heterocycles. The van der Waals surface area contributed by atoms with Crippen LogP contribution in [0.25, 0.3) is 0 Å². The van der Waals surface area contributed by atoms with Crippen LogP contribution in [0.2, 0.25) is 0 Å². The standard InChI is InChI=1S/C21H36O3/c1-5-9-13-20(14-10-6-2)17-18(24-19(22)8-4)12-16-21(20,23)15-11-7-3/h12,16-17,23H,5-11,13-15H2,1-4H3. The van der Waals surface area contributed by atoms with Gasteiger partial charge in [-0.1, -0.05) is 66.2 Å². The Bertz CT molecular complexity index is 442. The van der Waals surface area contributed by atoms with Crippen molar-refractivity contribution >= 4 is 5.97 Å². The Hall–Kier alpha value is -1.09. The number of hydrogen-bond acceptors (Lipinski definition) is 3. The highest BCUT2D eigenvalue weighted by Gasteiger charge is 2.47. The van der Waals surface area contributed by atoms with Gasteiger partial charge >= 0.3 is 5.97 Å². The van der Waals surface area contributed by atoms with Crippen molar-refractivity contribution in [3.63, 3.8) is 0 Å². The quantitative estimate of drug-likeness (QED) is 0.494. The van der Waals surface area contributed by atoms with Crippen molar-refractivity contribution in [2.75, 3.05) is 0 Å². The monoisotopic (exact) mass is 336 g/mol. The fraction of sp³-hybridized carbons (Fsp3) is 0.762. The van der Waals surface area contributed by atoms with Crippen molar-refractivity contribution in [1.29, 1.82) is 0 Å². The maximum atomic E-state index is 11.7. The van der Waals surface area contributed by atoms with Crippen molar-refractivity contribution in [1.82, 2.24) is 0 Å². The molecule has 0 aliphatic heterocycles. The predicted molar refractivity (Wildman–Crippen MR) is 99.6 cm³/mol. The molecule has 0 aromatic heterocycles. The number of carbonyl (C=O) groups excluding carboxylic acids is 1. The SMILES string of the molecule is CCCCC1(O)C=CC(OC(=O)CC)=CC1(CCCC)CCCC. The average molecular weight is 337 g/mol. The lowest BCUT2D eigenvalue weighted by Crippen LogP contribution is -2.47. The number of unbranched alkanes of at least 4 members (excludes halogenated alkanes) is 3. The molecule has 24 heavy (non-hydrogen) atoms. The van der Waals surface area contributed by atoms with Crippen LogP contribution in [0.3, 0.4) is 0 Å². The number of carbonyl (C=O) groups is 1. The molecule has 0 fully saturated rings. The van der Waals surface area contributed by atoms with E-state index in [4.69, 9.17) is 4.74 Å². The zero-order valence-electron chi connectivity index (χ0n) is 16.1. The highest BCUT2D eigenvalue weighted by atomic mass is 16.5. The van der Waals surface area contributed by atoms with Gasteiger partial charge in [0.2, 0.25) is 0 Å². The van der Waals surface area contributed by atoms with E-state index in [0.29, 0.717) is 12.2 Å². The van der Waals surface area contributed by atoms with Crippen LogP contribution < -0.4 is 0 Å². The Balaban J connectivity index is 3.18. The summed E-state index contributed by atoms with van der Waals surface area (Å²) in [5.41, 5.74) is -1.16. The van der Waals surface area contributed by atoms with E-state index in [1.807, 2.05) is 6.08 Å². The Morgan fingerprint density at radius 2 is 1.54 bits per heavy atom. The van der Waals surface area contributed by atoms with E-state index in [-0.39, 0.29) is 11.4 Å². The lowest BCUT2D eigenvalue weighted by atomic mass is 9.62. The van der Waals surface area contributed by atoms with E-state index in [1.165, 1.54) is 0 Å². The lowest BCUT2D eigenvalue weighted by Gasteiger charge is -2.47. The molecule has 1 N–H and O–H groups in total. The van der Waals surface area contributed by atoms with Gasteiger partial charge in [0.15, 0.2) is 0 Å². The average Bonchev–Trinajstić information content (AvgIpc) is 2.59. The van der Waals surface area contributed by atoms with E-state index in [1.54, 1.807) is 13.0 Å². The zero-order chi connectivity index (χ0) is 18.1. The van der Waals surface area contributed by atoms with Crippen molar-refractivity contribution in [3.8, 4) is 0 Å². The largest absolute Gasteiger partial charge is 0.427 e. The van der Waals surface area contributed by atoms with Gasteiger partial charge in [0.1, 0.15) is 5.76 Å². The topological polar surface area (TPSA) is 46.5 Å². The van der Waals surface area contributed by atoms with Gasteiger partial charge < -0.3 is 9.84 Å². The van der Waals surface area contributed by atoms with Crippen LogP contribution in [0.4, 0.5) is 0 Å². The molecule has 0 aromatic carbocycles. The molecule has 0 spiro atoms. The first-order valence-corrected chi connectivity index (χ1v) is 9.82. The Morgan fingerprint density at radius 1 is 1.00 bits per heavy atom. The van der Waals surface area contributed by atoms with E-state index >= 15 is 0 Å². The summed E-state index contributed by atoms with van der Waals surface area (Å²) in [6.45, 7) is 8.31. The molecule has 0 bridgehead atoms. The summed E-state index contributed by atoms with van der Waals surface area (Å²) in [6, 6.07) is 0. The number of aliphatic hydroxyl groups is 1. The molecule has 1 aliphatic carbocycles. The van der Waals surface area contributed by atoms with E-state index in [9.17, 15) is 9.90 Å². The second kappa shape index (κ2) is 10.0. The van der Waals surface area contributed by atoms with Crippen LogP contribution >= 0.6 is 0 Å². The Kier molecular flexibility index (Phi) is 8.75. The third-order valence-corrected chi connectivity index (χ3v) is 5.19. The summed E-state index contributed by atoms with van der Waals surface area (Å²) in [4.78, 5) is 11.7. The van der Waals surface area contributed by atoms with Gasteiger partial charge in [0.25, 0.3) is 0 Å². The summed E-state index contributed by atoms with van der Waals surface area (Å²) in [5.74, 6) is 0.389. The van der Waals surface area contributed by atoms with E-state index in [2.05, 4.69) is 26.8 Å². The minimum Gasteiger partial charge on any atom is -0.427 e. The first-order valence-electron chi connectivity index (χ1n) is 9.82. The summed E-state index contributed by atoms with van der Waals surface area (Å²) in [5, 5.41) is 11.5. The van der Waals surface area contributed by atoms with Crippen LogP contribution in [0, 0.1) is 5.41 Å². The van der Waals surface area contributed by atoms with Crippen LogP contribution in [0.15, 0.2) is 24.0 Å². The molecular weight excluding hydrogens is 300 g/mol. The molecule has 0 radical (unpaired) electrons. The molecule has 0 saturated carbocycles. The van der Waals surface area contributed by atoms with Crippen molar-refractivity contribution in [3.05, 3.63) is 24.0 Å². The minimum atomic E-state index is -0.838. The molecule has 0 heterocycles. The van der Waals surface area contributed by atoms with Crippen molar-refractivity contribution in [2.24, 2.45) is 5.41 Å². The van der Waals surface area contributed by atoms with Gasteiger partial charge in [0.05, 0.1) is 5.60 Å². The van der Waals surface area contributed by atoms with Crippen LogP contribution in [0.1, 0.15) is 91.9 Å². The van der Waals surface area contributed by atoms with Gasteiger partial charge in [-0.2, -0.15) is 0 Å². The van der Waals surface area contributed by atoms with E-state index in [0.717, 1.165) is 57.8 Å². The third kappa shape index (κ3) is 5.20. The molecule has 1 aliphatic rings. The van der Waals surface area contributed by atoms with Crippen molar-refractivity contribution in [2.45, 2.75) is 97.5 Å². The summed E-state index contributed by atoms with van der Waals surface area (Å²) >= 11 is 0. The Labute approximate surface area is 148 Å². The Morgan fingerprint density at radius 3 is 2.04 bits per heavy atom. The number of ether oxygens (including phenoxy) is 1. The van der Waals surface area contributed by atoms with Crippen LogP contribution in [-0.2, 0) is 9.53 Å². The second-order valence-corrected chi connectivity index (χ2v) is 7.10. The van der Waals surface area contributed by atoms with Gasteiger partial charge in [-0.25, -0.2) is 0 Å². The first-order chi connectivity index (χ1) is 11.5. The van der Waals surface area contributed by atoms with Crippen LogP contribution in [-0.4, -0.2) is 16.7 Å². The second-order valence-electron chi connectivity index (χ2n) is 7.10. The van der Waals surface area contributed by atoms with Gasteiger partial charge in [-0.05, 0) is 37.5 Å². The molecule has 0 aromatic rings. The maximum Gasteiger partial charge on any atom is 0.310 e. The van der Waals surface area contributed by atoms with Crippen molar-refractivity contribution < 1.29 is 14.6 Å². The molecule has 1 atom stereocenters. The first kappa shape index (κ1) is 21.0. The lowest BCUT2D eigenvalue weighted by molar-refractivity contribution is -0.139. The fourth-order valence-electron chi connectivity index (χ4n) is 3.56. The third-order valence-electron chi connectivity index (χ3n) is 5.19. The molecule has 0 amide bonds. The molecule has 3 nitrogen and oxygen atoms in total. The molecule has 138 valence electrons. The summed E-state index contributed by atoms with van der Waals surface area (Å²) < 4.78 is 5.48. The fourth-order valence-corrected chi connectivity index (χ4v) is 3.56. The van der Waals surface area contributed by atoms with Gasteiger partial charge in [-0.15, -0.1) is 0 Å². The summed E-state index contributed by atoms with van der Waals surface area (Å²) in [7, 11) is 0. The minimum absolute atomic E-state index is 0.218. The predicted octanol–water partition coefficient (Wildman–Crippen LogP) is 5.68. The molecule has 1 unspecified atom stereocenters. The normalized spacial score (nSPS) is 22.3.